The molecule has 0 N–H and O–H groups in total. The molecule has 6 nitrogen and oxygen atoms in total. The average Bonchev–Trinajstić information content (AvgIpc) is 3.05. The molecule has 1 saturated heterocycles. The van der Waals surface area contributed by atoms with Crippen LogP contribution in [0.25, 0.3) is 0 Å². The Morgan fingerprint density at radius 1 is 1.18 bits per heavy atom. The van der Waals surface area contributed by atoms with Gasteiger partial charge in [-0.1, -0.05) is 26.0 Å². The maximum Gasteiger partial charge on any atom is 0.264 e. The maximum absolute atomic E-state index is 12.7. The van der Waals surface area contributed by atoms with Crippen LogP contribution >= 0.6 is 0 Å². The monoisotopic (exact) mass is 327 g/mol. The van der Waals surface area contributed by atoms with E-state index in [4.69, 9.17) is 4.18 Å². The van der Waals surface area contributed by atoms with E-state index in [2.05, 4.69) is 0 Å². The quantitative estimate of drug-likeness (QED) is 0.424. The summed E-state index contributed by atoms with van der Waals surface area (Å²) in [5.74, 6) is -0.617. The van der Waals surface area contributed by atoms with Crippen molar-refractivity contribution in [2.75, 3.05) is 12.9 Å². The molecule has 0 aromatic carbocycles. The fourth-order valence-corrected chi connectivity index (χ4v) is 4.40. The number of imide groups is 1. The lowest BCUT2D eigenvalue weighted by Crippen LogP contribution is -2.47. The zero-order valence-corrected chi connectivity index (χ0v) is 13.7. The molecule has 2 amide bonds. The van der Waals surface area contributed by atoms with Gasteiger partial charge in [0.15, 0.2) is 0 Å². The van der Waals surface area contributed by atoms with Gasteiger partial charge in [0.25, 0.3) is 10.1 Å². The second kappa shape index (κ2) is 5.16. The molecule has 2 aliphatic carbocycles. The number of carbonyl (C=O) groups excluding carboxylic acids is 2. The highest BCUT2D eigenvalue weighted by Gasteiger charge is 2.60. The molecule has 0 radical (unpaired) electrons. The van der Waals surface area contributed by atoms with Crippen molar-refractivity contribution in [1.82, 2.24) is 4.90 Å². The third-order valence-corrected chi connectivity index (χ3v) is 5.62. The number of hydrogen-bond donors (Lipinski definition) is 0. The molecule has 5 atom stereocenters. The standard InChI is InChI=1S/C15H21NO5S/c1-8(2)11(7-21-22(3,19)20)16-14(17)12-9-4-5-10(6-9)13(12)15(16)18/h4-5,8-13H,6-7H2,1-3H3. The predicted octanol–water partition coefficient (Wildman–Crippen LogP) is 0.794. The van der Waals surface area contributed by atoms with Crippen LogP contribution in [0.5, 0.6) is 0 Å². The number of fused-ring (bicyclic) bond motifs is 5. The predicted molar refractivity (Wildman–Crippen MR) is 79.0 cm³/mol. The van der Waals surface area contributed by atoms with E-state index >= 15 is 0 Å². The van der Waals surface area contributed by atoms with Crippen LogP contribution in [-0.4, -0.2) is 44.0 Å². The molecular formula is C15H21NO5S. The summed E-state index contributed by atoms with van der Waals surface area (Å²) in [5.41, 5.74) is 0. The van der Waals surface area contributed by atoms with Gasteiger partial charge in [-0.15, -0.1) is 0 Å². The SMILES string of the molecule is CC(C)C(COS(C)(=O)=O)N1C(=O)C2C3C=CC(C3)C2C1=O. The molecule has 2 bridgehead atoms. The van der Waals surface area contributed by atoms with Crippen molar-refractivity contribution in [2.45, 2.75) is 26.3 Å². The number of amides is 2. The topological polar surface area (TPSA) is 80.8 Å². The second-order valence-electron chi connectivity index (χ2n) is 6.85. The number of allylic oxidation sites excluding steroid dienone is 2. The van der Waals surface area contributed by atoms with Crippen molar-refractivity contribution < 1.29 is 22.2 Å². The van der Waals surface area contributed by atoms with Gasteiger partial charge in [0, 0.05) is 0 Å². The summed E-state index contributed by atoms with van der Waals surface area (Å²) >= 11 is 0. The minimum absolute atomic E-state index is 0.0703. The highest BCUT2D eigenvalue weighted by atomic mass is 32.2. The molecule has 1 saturated carbocycles. The number of nitrogens with zero attached hydrogens (tertiary/aromatic N) is 1. The molecule has 2 fully saturated rings. The third-order valence-electron chi connectivity index (χ3n) is 5.06. The summed E-state index contributed by atoms with van der Waals surface area (Å²) in [6.07, 6.45) is 5.93. The fourth-order valence-electron chi connectivity index (χ4n) is 4.01. The molecule has 1 aliphatic heterocycles. The van der Waals surface area contributed by atoms with E-state index in [1.54, 1.807) is 0 Å². The average molecular weight is 327 g/mol. The minimum atomic E-state index is -3.61. The van der Waals surface area contributed by atoms with Crippen LogP contribution in [0, 0.1) is 29.6 Å². The molecule has 5 unspecified atom stereocenters. The molecule has 22 heavy (non-hydrogen) atoms. The summed E-state index contributed by atoms with van der Waals surface area (Å²) in [6.45, 7) is 3.55. The maximum atomic E-state index is 12.7. The smallest absolute Gasteiger partial charge is 0.264 e. The van der Waals surface area contributed by atoms with E-state index in [9.17, 15) is 18.0 Å². The largest absolute Gasteiger partial charge is 0.276 e. The van der Waals surface area contributed by atoms with E-state index < -0.39 is 16.2 Å². The zero-order chi connectivity index (χ0) is 16.2. The van der Waals surface area contributed by atoms with Crippen LogP contribution in [0.2, 0.25) is 0 Å². The van der Waals surface area contributed by atoms with Crippen LogP contribution in [-0.2, 0) is 23.9 Å². The summed E-state index contributed by atoms with van der Waals surface area (Å²) in [4.78, 5) is 26.7. The third kappa shape index (κ3) is 2.40. The van der Waals surface area contributed by atoms with Crippen molar-refractivity contribution >= 4 is 21.9 Å². The van der Waals surface area contributed by atoms with Gasteiger partial charge in [-0.3, -0.25) is 18.7 Å². The number of carbonyl (C=O) groups is 2. The first kappa shape index (κ1) is 15.7. The summed E-state index contributed by atoms with van der Waals surface area (Å²) in [5, 5.41) is 0. The molecule has 0 aromatic heterocycles. The lowest BCUT2D eigenvalue weighted by Gasteiger charge is -2.30. The Kier molecular flexibility index (Phi) is 3.68. The van der Waals surface area contributed by atoms with E-state index in [1.807, 2.05) is 26.0 Å². The van der Waals surface area contributed by atoms with Gasteiger partial charge in [-0.2, -0.15) is 8.42 Å². The van der Waals surface area contributed by atoms with Crippen molar-refractivity contribution in [3.8, 4) is 0 Å². The molecule has 0 aromatic rings. The number of rotatable bonds is 5. The molecule has 3 rings (SSSR count). The van der Waals surface area contributed by atoms with Gasteiger partial charge < -0.3 is 0 Å². The van der Waals surface area contributed by atoms with Crippen LogP contribution in [0.3, 0.4) is 0 Å². The Labute approximate surface area is 130 Å². The van der Waals surface area contributed by atoms with E-state index in [0.717, 1.165) is 12.7 Å². The van der Waals surface area contributed by atoms with Gasteiger partial charge in [-0.05, 0) is 24.2 Å². The summed E-state index contributed by atoms with van der Waals surface area (Å²) in [6, 6.07) is -0.542. The van der Waals surface area contributed by atoms with Gasteiger partial charge in [0.1, 0.15) is 0 Å². The Bertz CT molecular complexity index is 608. The lowest BCUT2D eigenvalue weighted by atomic mass is 9.85. The molecule has 7 heteroatoms. The van der Waals surface area contributed by atoms with Gasteiger partial charge >= 0.3 is 0 Å². The van der Waals surface area contributed by atoms with Crippen molar-refractivity contribution in [2.24, 2.45) is 29.6 Å². The summed E-state index contributed by atoms with van der Waals surface area (Å²) in [7, 11) is -3.61. The van der Waals surface area contributed by atoms with Gasteiger partial charge in [-0.25, -0.2) is 0 Å². The van der Waals surface area contributed by atoms with Crippen LogP contribution in [0.1, 0.15) is 20.3 Å². The Morgan fingerprint density at radius 2 is 1.68 bits per heavy atom. The second-order valence-corrected chi connectivity index (χ2v) is 8.49. The molecule has 3 aliphatic rings. The molecule has 0 spiro atoms. The molecule has 1 heterocycles. The Hall–Kier alpha value is -1.21. The highest BCUT2D eigenvalue weighted by Crippen LogP contribution is 2.53. The van der Waals surface area contributed by atoms with Gasteiger partial charge in [0.2, 0.25) is 11.8 Å². The fraction of sp³-hybridized carbons (Fsp3) is 0.733. The minimum Gasteiger partial charge on any atom is -0.276 e. The van der Waals surface area contributed by atoms with Crippen molar-refractivity contribution in [3.63, 3.8) is 0 Å². The number of likely N-dealkylation sites (tertiary alicyclic amines) is 1. The highest BCUT2D eigenvalue weighted by molar-refractivity contribution is 7.85. The van der Waals surface area contributed by atoms with Crippen LogP contribution < -0.4 is 0 Å². The lowest BCUT2D eigenvalue weighted by molar-refractivity contribution is -0.145. The Balaban J connectivity index is 1.84. The zero-order valence-electron chi connectivity index (χ0n) is 12.9. The van der Waals surface area contributed by atoms with Crippen molar-refractivity contribution in [3.05, 3.63) is 12.2 Å². The van der Waals surface area contributed by atoms with E-state index in [1.165, 1.54) is 4.90 Å². The normalized spacial score (nSPS) is 34.8. The van der Waals surface area contributed by atoms with Crippen LogP contribution in [0.15, 0.2) is 12.2 Å². The van der Waals surface area contributed by atoms with E-state index in [0.29, 0.717) is 0 Å². The van der Waals surface area contributed by atoms with E-state index in [-0.39, 0.29) is 48.0 Å². The molecular weight excluding hydrogens is 306 g/mol. The first-order chi connectivity index (χ1) is 10.2. The molecule has 122 valence electrons. The Morgan fingerprint density at radius 3 is 2.09 bits per heavy atom. The van der Waals surface area contributed by atoms with Gasteiger partial charge in [0.05, 0.1) is 30.7 Å². The summed E-state index contributed by atoms with van der Waals surface area (Å²) < 4.78 is 27.3. The number of hydrogen-bond acceptors (Lipinski definition) is 5. The van der Waals surface area contributed by atoms with Crippen molar-refractivity contribution in [1.29, 1.82) is 0 Å². The first-order valence-corrected chi connectivity index (χ1v) is 9.42. The van der Waals surface area contributed by atoms with Crippen LogP contribution in [0.4, 0.5) is 0 Å². The first-order valence-electron chi connectivity index (χ1n) is 7.60.